The lowest BCUT2D eigenvalue weighted by Gasteiger charge is -2.34. The molecule has 0 heterocycles. The Balaban J connectivity index is 4.54. The minimum Gasteiger partial charge on any atom is -0.544 e. The first-order chi connectivity index (χ1) is 20.6. The van der Waals surface area contributed by atoms with Gasteiger partial charge in [-0.3, -0.25) is 9.59 Å². The van der Waals surface area contributed by atoms with Crippen molar-refractivity contribution in [3.8, 4) is 0 Å². The zero-order valence-electron chi connectivity index (χ0n) is 27.9. The van der Waals surface area contributed by atoms with E-state index in [-0.39, 0.29) is 49.1 Å². The molecule has 0 spiro atoms. The molecule has 0 saturated carbocycles. The summed E-state index contributed by atoms with van der Waals surface area (Å²) < 4.78 is 16.9. The summed E-state index contributed by atoms with van der Waals surface area (Å²) >= 11 is 0. The predicted octanol–water partition coefficient (Wildman–Crippen LogP) is 6.23. The van der Waals surface area contributed by atoms with Crippen LogP contribution in [0, 0.1) is 0 Å². The molecule has 0 fully saturated rings. The monoisotopic (exact) mass is 607 g/mol. The standard InChI is InChI=1S/C35H61NO7/c1-6-8-10-12-14-15-16-17-18-20-22-24-26-34(38)43-31(29-41-28-27-32(35(39)40)36(3,4)5)30-42-33(37)25-23-21-19-13-11-9-7-2/h9,11,14-15,19,21,31-32H,6-8,10,12-13,16-18,20,22-30H2,1-5H3/b11-9+,15-14+,21-19+. The van der Waals surface area contributed by atoms with Gasteiger partial charge in [0.05, 0.1) is 40.3 Å². The topological polar surface area (TPSA) is 102 Å². The summed E-state index contributed by atoms with van der Waals surface area (Å²) in [6, 6.07) is -0.730. The Morgan fingerprint density at radius 2 is 1.35 bits per heavy atom. The zero-order chi connectivity index (χ0) is 32.2. The van der Waals surface area contributed by atoms with Crippen LogP contribution in [0.2, 0.25) is 0 Å². The molecule has 0 amide bonds. The van der Waals surface area contributed by atoms with Crippen LogP contribution in [-0.4, -0.2) is 75.5 Å². The van der Waals surface area contributed by atoms with Crippen LogP contribution in [-0.2, 0) is 28.6 Å². The van der Waals surface area contributed by atoms with Gasteiger partial charge in [0.25, 0.3) is 0 Å². The van der Waals surface area contributed by atoms with E-state index >= 15 is 0 Å². The van der Waals surface area contributed by atoms with Gasteiger partial charge in [-0.15, -0.1) is 0 Å². The van der Waals surface area contributed by atoms with E-state index in [0.29, 0.717) is 12.8 Å². The minimum atomic E-state index is -1.14. The van der Waals surface area contributed by atoms with Crippen LogP contribution in [0.5, 0.6) is 0 Å². The van der Waals surface area contributed by atoms with Crippen molar-refractivity contribution in [1.29, 1.82) is 0 Å². The van der Waals surface area contributed by atoms with Crippen molar-refractivity contribution in [2.45, 2.75) is 129 Å². The molecule has 2 unspecified atom stereocenters. The van der Waals surface area contributed by atoms with E-state index < -0.39 is 18.1 Å². The summed E-state index contributed by atoms with van der Waals surface area (Å²) in [6.45, 7) is 4.38. The molecule has 0 aromatic heterocycles. The van der Waals surface area contributed by atoms with Gasteiger partial charge in [0.2, 0.25) is 0 Å². The molecule has 8 heteroatoms. The third-order valence-electron chi connectivity index (χ3n) is 7.02. The number of carboxylic acid groups (broad SMARTS) is 1. The van der Waals surface area contributed by atoms with Gasteiger partial charge in [0, 0.05) is 19.3 Å². The largest absolute Gasteiger partial charge is 0.544 e. The number of esters is 2. The molecule has 0 radical (unpaired) electrons. The van der Waals surface area contributed by atoms with Crippen molar-refractivity contribution in [3.05, 3.63) is 36.5 Å². The van der Waals surface area contributed by atoms with Crippen molar-refractivity contribution in [1.82, 2.24) is 0 Å². The number of rotatable bonds is 28. The van der Waals surface area contributed by atoms with E-state index in [0.717, 1.165) is 51.4 Å². The number of carbonyl (C=O) groups is 3. The Morgan fingerprint density at radius 1 is 0.721 bits per heavy atom. The number of quaternary nitrogens is 1. The molecule has 0 aromatic carbocycles. The predicted molar refractivity (Wildman–Crippen MR) is 171 cm³/mol. The van der Waals surface area contributed by atoms with Crippen LogP contribution in [0.15, 0.2) is 36.5 Å². The maximum atomic E-state index is 12.5. The lowest BCUT2D eigenvalue weighted by atomic mass is 10.1. The first kappa shape index (κ1) is 40.5. The summed E-state index contributed by atoms with van der Waals surface area (Å²) in [5.41, 5.74) is 0. The van der Waals surface area contributed by atoms with Gasteiger partial charge in [-0.2, -0.15) is 0 Å². The smallest absolute Gasteiger partial charge is 0.306 e. The third-order valence-corrected chi connectivity index (χ3v) is 7.02. The lowest BCUT2D eigenvalue weighted by molar-refractivity contribution is -0.889. The average Bonchev–Trinajstić information content (AvgIpc) is 2.94. The van der Waals surface area contributed by atoms with Crippen LogP contribution in [0.25, 0.3) is 0 Å². The molecule has 0 aromatic rings. The number of likely N-dealkylation sites (N-methyl/N-ethyl adjacent to an activating group) is 1. The molecule has 0 aliphatic carbocycles. The highest BCUT2D eigenvalue weighted by atomic mass is 16.6. The Hall–Kier alpha value is -2.45. The maximum absolute atomic E-state index is 12.5. The number of carbonyl (C=O) groups excluding carboxylic acids is 3. The molecular weight excluding hydrogens is 546 g/mol. The van der Waals surface area contributed by atoms with Gasteiger partial charge in [0.1, 0.15) is 12.6 Å². The third kappa shape index (κ3) is 25.7. The fraction of sp³-hybridized carbons (Fsp3) is 0.743. The summed E-state index contributed by atoms with van der Waals surface area (Å²) in [7, 11) is 5.36. The van der Waals surface area contributed by atoms with Gasteiger partial charge >= 0.3 is 11.9 Å². The highest BCUT2D eigenvalue weighted by Gasteiger charge is 2.25. The van der Waals surface area contributed by atoms with E-state index in [1.54, 1.807) is 21.1 Å². The number of carboxylic acids is 1. The second-order valence-corrected chi connectivity index (χ2v) is 12.0. The van der Waals surface area contributed by atoms with Crippen molar-refractivity contribution in [2.75, 3.05) is 41.0 Å². The summed E-state index contributed by atoms with van der Waals surface area (Å²) in [5.74, 6) is -1.85. The molecule has 0 aliphatic heterocycles. The fourth-order valence-electron chi connectivity index (χ4n) is 4.42. The summed E-state index contributed by atoms with van der Waals surface area (Å²) in [5, 5.41) is 11.5. The Morgan fingerprint density at radius 3 is 2.00 bits per heavy atom. The van der Waals surface area contributed by atoms with Gasteiger partial charge in [-0.1, -0.05) is 82.4 Å². The van der Waals surface area contributed by atoms with Crippen molar-refractivity contribution < 1.29 is 38.2 Å². The van der Waals surface area contributed by atoms with Crippen molar-refractivity contribution in [3.63, 3.8) is 0 Å². The quantitative estimate of drug-likeness (QED) is 0.0450. The Labute approximate surface area is 262 Å². The summed E-state index contributed by atoms with van der Waals surface area (Å²) in [4.78, 5) is 36.3. The van der Waals surface area contributed by atoms with Crippen LogP contribution < -0.4 is 5.11 Å². The van der Waals surface area contributed by atoms with Gasteiger partial charge < -0.3 is 28.6 Å². The molecule has 0 rings (SSSR count). The maximum Gasteiger partial charge on any atom is 0.306 e. The SMILES string of the molecule is CC/C=C/C/C=C/CCC(=O)OCC(COCCC(C(=O)[O-])[N+](C)(C)C)OC(=O)CCCCCCC/C=C/CCCCC. The number of hydrogen-bond acceptors (Lipinski definition) is 7. The van der Waals surface area contributed by atoms with E-state index in [9.17, 15) is 19.5 Å². The molecule has 43 heavy (non-hydrogen) atoms. The second kappa shape index (κ2) is 27.1. The van der Waals surface area contributed by atoms with Gasteiger partial charge in [0.15, 0.2) is 6.10 Å². The number of ether oxygens (including phenoxy) is 3. The molecule has 8 nitrogen and oxygen atoms in total. The van der Waals surface area contributed by atoms with E-state index in [2.05, 4.69) is 38.2 Å². The van der Waals surface area contributed by atoms with E-state index in [4.69, 9.17) is 14.2 Å². The van der Waals surface area contributed by atoms with Crippen LogP contribution in [0.3, 0.4) is 0 Å². The van der Waals surface area contributed by atoms with Gasteiger partial charge in [-0.05, 0) is 51.4 Å². The molecular formula is C35H61NO7. The van der Waals surface area contributed by atoms with Crippen molar-refractivity contribution >= 4 is 17.9 Å². The van der Waals surface area contributed by atoms with Gasteiger partial charge in [-0.25, -0.2) is 0 Å². The van der Waals surface area contributed by atoms with E-state index in [1.807, 2.05) is 12.2 Å². The first-order valence-electron chi connectivity index (χ1n) is 16.5. The van der Waals surface area contributed by atoms with Crippen LogP contribution in [0.1, 0.15) is 117 Å². The first-order valence-corrected chi connectivity index (χ1v) is 16.5. The summed E-state index contributed by atoms with van der Waals surface area (Å²) in [6.07, 6.45) is 26.4. The molecule has 0 bridgehead atoms. The minimum absolute atomic E-state index is 0.0194. The molecule has 0 aliphatic rings. The second-order valence-electron chi connectivity index (χ2n) is 12.0. The lowest BCUT2D eigenvalue weighted by Crippen LogP contribution is -2.55. The molecule has 0 saturated heterocycles. The number of hydrogen-bond donors (Lipinski definition) is 0. The zero-order valence-corrected chi connectivity index (χ0v) is 27.9. The number of nitrogens with zero attached hydrogens (tertiary/aromatic N) is 1. The number of aliphatic carboxylic acids is 1. The van der Waals surface area contributed by atoms with Crippen molar-refractivity contribution in [2.24, 2.45) is 0 Å². The highest BCUT2D eigenvalue weighted by molar-refractivity contribution is 5.70. The Bertz CT molecular complexity index is 813. The fourth-order valence-corrected chi connectivity index (χ4v) is 4.42. The van der Waals surface area contributed by atoms with Crippen LogP contribution in [0.4, 0.5) is 0 Å². The highest BCUT2D eigenvalue weighted by Crippen LogP contribution is 2.11. The molecule has 0 N–H and O–H groups in total. The number of allylic oxidation sites excluding steroid dienone is 6. The van der Waals surface area contributed by atoms with Crippen LogP contribution >= 0.6 is 0 Å². The Kier molecular flexibility index (Phi) is 25.6. The van der Waals surface area contributed by atoms with E-state index in [1.165, 1.54) is 25.7 Å². The normalized spacial score (nSPS) is 13.6. The molecule has 2 atom stereocenters. The average molecular weight is 608 g/mol. The number of unbranched alkanes of at least 4 members (excludes halogenated alkanes) is 8. The molecule has 248 valence electrons.